The number of benzene rings is 3. The van der Waals surface area contributed by atoms with E-state index in [0.717, 1.165) is 16.8 Å². The zero-order chi connectivity index (χ0) is 26.4. The number of carbonyl (C=O) groups is 2. The Bertz CT molecular complexity index is 1570. The molecule has 3 aromatic carbocycles. The first-order valence-electron chi connectivity index (χ1n) is 11.9. The largest absolute Gasteiger partial charge is 0.507 e. The molecule has 0 aliphatic carbocycles. The number of amides is 1. The molecule has 2 N–H and O–H groups in total. The van der Waals surface area contributed by atoms with E-state index in [1.54, 1.807) is 31.4 Å². The lowest BCUT2D eigenvalue weighted by atomic mass is 9.94. The van der Waals surface area contributed by atoms with Gasteiger partial charge in [0.15, 0.2) is 0 Å². The van der Waals surface area contributed by atoms with Gasteiger partial charge in [0, 0.05) is 31.4 Å². The van der Waals surface area contributed by atoms with E-state index in [4.69, 9.17) is 4.74 Å². The fraction of sp³-hybridized carbons (Fsp3) is 0.207. The summed E-state index contributed by atoms with van der Waals surface area (Å²) >= 11 is 0. The highest BCUT2D eigenvalue weighted by molar-refractivity contribution is 6.51. The monoisotopic (exact) mass is 496 g/mol. The van der Waals surface area contributed by atoms with E-state index in [0.29, 0.717) is 27.9 Å². The Morgan fingerprint density at radius 2 is 1.73 bits per heavy atom. The van der Waals surface area contributed by atoms with Crippen molar-refractivity contribution in [2.24, 2.45) is 0 Å². The van der Waals surface area contributed by atoms with Gasteiger partial charge in [0.2, 0.25) is 5.95 Å². The molecule has 1 aliphatic rings. The zero-order valence-electron chi connectivity index (χ0n) is 21.4. The Kier molecular flexibility index (Phi) is 5.95. The van der Waals surface area contributed by atoms with Crippen molar-refractivity contribution < 1.29 is 19.4 Å². The molecule has 1 aromatic heterocycles. The molecule has 8 heteroatoms. The van der Waals surface area contributed by atoms with Crippen molar-refractivity contribution in [1.82, 2.24) is 9.97 Å². The molecule has 1 aliphatic heterocycles. The molecule has 0 radical (unpaired) electrons. The first kappa shape index (κ1) is 24.1. The third kappa shape index (κ3) is 4.10. The summed E-state index contributed by atoms with van der Waals surface area (Å²) in [6.07, 6.45) is 0. The predicted molar refractivity (Wildman–Crippen MR) is 144 cm³/mol. The van der Waals surface area contributed by atoms with Gasteiger partial charge in [0.1, 0.15) is 11.5 Å². The minimum absolute atomic E-state index is 0.0175. The molecule has 4 aromatic rings. The number of aromatic amines is 1. The Morgan fingerprint density at radius 3 is 2.38 bits per heavy atom. The lowest BCUT2D eigenvalue weighted by Gasteiger charge is -2.24. The summed E-state index contributed by atoms with van der Waals surface area (Å²) in [5.74, 6) is -0.904. The average molecular weight is 497 g/mol. The van der Waals surface area contributed by atoms with Crippen LogP contribution in [0.25, 0.3) is 16.8 Å². The van der Waals surface area contributed by atoms with Gasteiger partial charge in [0.05, 0.1) is 29.8 Å². The highest BCUT2D eigenvalue weighted by atomic mass is 16.5. The predicted octanol–water partition coefficient (Wildman–Crippen LogP) is 4.88. The van der Waals surface area contributed by atoms with Crippen molar-refractivity contribution in [2.45, 2.75) is 19.9 Å². The number of hydrogen-bond donors (Lipinski definition) is 2. The lowest BCUT2D eigenvalue weighted by molar-refractivity contribution is -0.132. The van der Waals surface area contributed by atoms with Crippen LogP contribution in [0.5, 0.6) is 5.75 Å². The van der Waals surface area contributed by atoms with E-state index < -0.39 is 17.7 Å². The maximum absolute atomic E-state index is 13.5. The maximum Gasteiger partial charge on any atom is 0.302 e. The molecule has 8 nitrogen and oxygen atoms in total. The molecular weight excluding hydrogens is 468 g/mol. The first-order valence-corrected chi connectivity index (χ1v) is 11.9. The maximum atomic E-state index is 13.5. The number of aliphatic hydroxyl groups is 1. The van der Waals surface area contributed by atoms with Gasteiger partial charge in [-0.05, 0) is 60.9 Å². The van der Waals surface area contributed by atoms with Crippen LogP contribution in [0.15, 0.2) is 66.2 Å². The van der Waals surface area contributed by atoms with Crippen molar-refractivity contribution in [1.29, 1.82) is 0 Å². The Balaban J connectivity index is 1.71. The fourth-order valence-electron chi connectivity index (χ4n) is 4.58. The number of anilines is 2. The number of nitrogens with zero attached hydrogens (tertiary/aromatic N) is 3. The number of aromatic nitrogens is 2. The van der Waals surface area contributed by atoms with E-state index >= 15 is 0 Å². The summed E-state index contributed by atoms with van der Waals surface area (Å²) in [5.41, 5.74) is 5.44. The number of hydrogen-bond acceptors (Lipinski definition) is 6. The molecule has 1 fully saturated rings. The number of carbonyl (C=O) groups excluding carboxylic acids is 2. The van der Waals surface area contributed by atoms with Crippen LogP contribution in [0.3, 0.4) is 0 Å². The fourth-order valence-corrected chi connectivity index (χ4v) is 4.58. The number of aliphatic hydroxyl groups excluding tert-OH is 1. The minimum atomic E-state index is -0.875. The third-order valence-electron chi connectivity index (χ3n) is 6.85. The third-order valence-corrected chi connectivity index (χ3v) is 6.85. The zero-order valence-corrected chi connectivity index (χ0v) is 21.4. The molecule has 1 atom stereocenters. The van der Waals surface area contributed by atoms with E-state index in [2.05, 4.69) is 9.97 Å². The second-order valence-corrected chi connectivity index (χ2v) is 9.40. The first-order chi connectivity index (χ1) is 17.7. The standard InChI is InChI=1S/C29H28N4O4/c1-16-6-7-19(14-17(16)2)26(34)24-25(18-8-10-20(11-9-18)32(3)4)33(28(36)27(24)35)29-30-22-13-12-21(37-5)15-23(22)31-29/h6-15,25,34H,1-5H3,(H,30,31)/b26-24+. The van der Waals surface area contributed by atoms with Crippen LogP contribution in [0, 0.1) is 13.8 Å². The van der Waals surface area contributed by atoms with E-state index in [9.17, 15) is 14.7 Å². The number of aryl methyl sites for hydroxylation is 2. The van der Waals surface area contributed by atoms with Crippen molar-refractivity contribution in [3.8, 4) is 5.75 Å². The van der Waals surface area contributed by atoms with Crippen LogP contribution < -0.4 is 14.5 Å². The molecule has 0 bridgehead atoms. The normalized spacial score (nSPS) is 17.0. The molecule has 0 saturated carbocycles. The van der Waals surface area contributed by atoms with Gasteiger partial charge in [-0.25, -0.2) is 4.98 Å². The number of nitrogens with one attached hydrogen (secondary N) is 1. The van der Waals surface area contributed by atoms with Crippen LogP contribution >= 0.6 is 0 Å². The van der Waals surface area contributed by atoms with Gasteiger partial charge >= 0.3 is 5.91 Å². The van der Waals surface area contributed by atoms with Gasteiger partial charge < -0.3 is 19.7 Å². The van der Waals surface area contributed by atoms with Crippen LogP contribution in [-0.4, -0.2) is 48.0 Å². The van der Waals surface area contributed by atoms with Crippen molar-refractivity contribution >= 4 is 40.1 Å². The summed E-state index contributed by atoms with van der Waals surface area (Å²) in [4.78, 5) is 38.0. The number of H-pyrrole nitrogens is 1. The summed E-state index contributed by atoms with van der Waals surface area (Å²) < 4.78 is 5.30. The van der Waals surface area contributed by atoms with Crippen LogP contribution in [0.2, 0.25) is 0 Å². The van der Waals surface area contributed by atoms with Gasteiger partial charge in [-0.1, -0.05) is 24.3 Å². The molecule has 188 valence electrons. The van der Waals surface area contributed by atoms with Gasteiger partial charge in [-0.2, -0.15) is 0 Å². The number of ether oxygens (including phenoxy) is 1. The van der Waals surface area contributed by atoms with Gasteiger partial charge in [0.25, 0.3) is 5.78 Å². The summed E-state index contributed by atoms with van der Waals surface area (Å²) in [6, 6.07) is 17.5. The molecular formula is C29H28N4O4. The summed E-state index contributed by atoms with van der Waals surface area (Å²) in [5, 5.41) is 11.4. The lowest BCUT2D eigenvalue weighted by Crippen LogP contribution is -2.30. The highest BCUT2D eigenvalue weighted by Crippen LogP contribution is 2.42. The molecule has 1 amide bonds. The second-order valence-electron chi connectivity index (χ2n) is 9.40. The topological polar surface area (TPSA) is 98.8 Å². The number of methoxy groups -OCH3 is 1. The van der Waals surface area contributed by atoms with E-state index in [-0.39, 0.29) is 17.3 Å². The summed E-state index contributed by atoms with van der Waals surface area (Å²) in [6.45, 7) is 3.91. The van der Waals surface area contributed by atoms with Gasteiger partial charge in [-0.3, -0.25) is 14.5 Å². The Morgan fingerprint density at radius 1 is 1.00 bits per heavy atom. The average Bonchev–Trinajstić information content (AvgIpc) is 3.42. The number of imidazole rings is 1. The molecule has 37 heavy (non-hydrogen) atoms. The highest BCUT2D eigenvalue weighted by Gasteiger charge is 2.48. The molecule has 2 heterocycles. The van der Waals surface area contributed by atoms with Crippen LogP contribution in [0.1, 0.15) is 28.3 Å². The SMILES string of the molecule is COc1ccc2nc(N3C(=O)C(=O)/C(=C(/O)c4ccc(C)c(C)c4)C3c3ccc(N(C)C)cc3)[nH]c2c1. The molecule has 1 unspecified atom stereocenters. The molecule has 1 saturated heterocycles. The van der Waals surface area contributed by atoms with Crippen molar-refractivity contribution in [3.63, 3.8) is 0 Å². The Hall–Kier alpha value is -4.59. The molecule has 0 spiro atoms. The second kappa shape index (κ2) is 9.13. The van der Waals surface area contributed by atoms with Gasteiger partial charge in [-0.15, -0.1) is 0 Å². The minimum Gasteiger partial charge on any atom is -0.507 e. The van der Waals surface area contributed by atoms with Crippen molar-refractivity contribution in [3.05, 3.63) is 88.5 Å². The van der Waals surface area contributed by atoms with E-state index in [1.165, 1.54) is 4.90 Å². The summed E-state index contributed by atoms with van der Waals surface area (Å²) in [7, 11) is 5.44. The van der Waals surface area contributed by atoms with E-state index in [1.807, 2.05) is 69.2 Å². The molecule has 5 rings (SSSR count). The van der Waals surface area contributed by atoms with Crippen LogP contribution in [-0.2, 0) is 9.59 Å². The van der Waals surface area contributed by atoms with Crippen LogP contribution in [0.4, 0.5) is 11.6 Å². The quantitative estimate of drug-likeness (QED) is 0.232. The number of Topliss-reactive ketones (excluding diaryl/α,β-unsaturated/α-hetero) is 1. The number of fused-ring (bicyclic) bond motifs is 1. The smallest absolute Gasteiger partial charge is 0.302 e. The van der Waals surface area contributed by atoms with Crippen molar-refractivity contribution in [2.75, 3.05) is 31.0 Å². The number of rotatable bonds is 5. The number of ketones is 1. The Labute approximate surface area is 214 Å².